The fraction of sp³-hybridized carbons (Fsp3) is 0.533. The lowest BCUT2D eigenvalue weighted by Crippen LogP contribution is -2.61. The van der Waals surface area contributed by atoms with Gasteiger partial charge in [-0.1, -0.05) is 13.8 Å². The third kappa shape index (κ3) is 2.45. The minimum Gasteiger partial charge on any atom is -0.507 e. The molecule has 0 heterocycles. The predicted octanol–water partition coefficient (Wildman–Crippen LogP) is 1.94. The first kappa shape index (κ1) is 14.7. The fourth-order valence-corrected chi connectivity index (χ4v) is 2.59. The van der Waals surface area contributed by atoms with Crippen LogP contribution in [0.1, 0.15) is 30.6 Å². The molecule has 1 aliphatic carbocycles. The van der Waals surface area contributed by atoms with Crippen LogP contribution >= 0.6 is 0 Å². The number of benzene rings is 1. The average Bonchev–Trinajstić information content (AvgIpc) is 2.43. The number of rotatable bonds is 4. The van der Waals surface area contributed by atoms with Crippen molar-refractivity contribution >= 4 is 5.91 Å². The van der Waals surface area contributed by atoms with Crippen LogP contribution in [-0.4, -0.2) is 37.4 Å². The number of carbonyl (C=O) groups excluding carboxylic acids is 1. The van der Waals surface area contributed by atoms with Crippen molar-refractivity contribution in [3.8, 4) is 11.5 Å². The van der Waals surface area contributed by atoms with Crippen LogP contribution in [0.4, 0.5) is 0 Å². The van der Waals surface area contributed by atoms with Crippen LogP contribution in [0, 0.1) is 5.41 Å². The lowest BCUT2D eigenvalue weighted by Gasteiger charge is -2.51. The van der Waals surface area contributed by atoms with Crippen molar-refractivity contribution in [1.82, 2.24) is 5.32 Å². The van der Waals surface area contributed by atoms with E-state index in [-0.39, 0.29) is 34.8 Å². The summed E-state index contributed by atoms with van der Waals surface area (Å²) in [6.45, 7) is 4.11. The number of phenols is 1. The zero-order valence-electron chi connectivity index (χ0n) is 12.3. The number of aromatic hydroxyl groups is 1. The average molecular weight is 279 g/mol. The second-order valence-corrected chi connectivity index (χ2v) is 5.69. The quantitative estimate of drug-likeness (QED) is 0.884. The second kappa shape index (κ2) is 5.32. The molecule has 0 radical (unpaired) electrons. The summed E-state index contributed by atoms with van der Waals surface area (Å²) in [7, 11) is 3.20. The summed E-state index contributed by atoms with van der Waals surface area (Å²) < 4.78 is 10.4. The monoisotopic (exact) mass is 279 g/mol. The van der Waals surface area contributed by atoms with Gasteiger partial charge in [0.1, 0.15) is 11.5 Å². The Bertz CT molecular complexity index is 513. The molecule has 2 atom stereocenters. The number of hydrogen-bond acceptors (Lipinski definition) is 4. The molecule has 1 fully saturated rings. The number of hydrogen-bond donors (Lipinski definition) is 2. The molecule has 1 aromatic rings. The fourth-order valence-electron chi connectivity index (χ4n) is 2.59. The van der Waals surface area contributed by atoms with Gasteiger partial charge in [0.2, 0.25) is 0 Å². The topological polar surface area (TPSA) is 67.8 Å². The second-order valence-electron chi connectivity index (χ2n) is 5.69. The summed E-state index contributed by atoms with van der Waals surface area (Å²) in [5.74, 6) is 0.188. The SMILES string of the molecule is COc1ccc(O)c(C(=O)NC2CC(OC)C2(C)C)c1. The van der Waals surface area contributed by atoms with Gasteiger partial charge in [-0.3, -0.25) is 4.79 Å². The van der Waals surface area contributed by atoms with E-state index >= 15 is 0 Å². The van der Waals surface area contributed by atoms with Crippen LogP contribution in [0.15, 0.2) is 18.2 Å². The molecular weight excluding hydrogens is 258 g/mol. The van der Waals surface area contributed by atoms with Crippen LogP contribution in [-0.2, 0) is 4.74 Å². The van der Waals surface area contributed by atoms with Gasteiger partial charge in [0, 0.05) is 18.6 Å². The smallest absolute Gasteiger partial charge is 0.255 e. The van der Waals surface area contributed by atoms with Crippen molar-refractivity contribution in [1.29, 1.82) is 0 Å². The Morgan fingerprint density at radius 1 is 1.40 bits per heavy atom. The molecule has 1 aromatic carbocycles. The van der Waals surface area contributed by atoms with Crippen molar-refractivity contribution < 1.29 is 19.4 Å². The molecule has 110 valence electrons. The normalized spacial score (nSPS) is 23.8. The van der Waals surface area contributed by atoms with Gasteiger partial charge in [-0.2, -0.15) is 0 Å². The van der Waals surface area contributed by atoms with E-state index in [0.29, 0.717) is 5.75 Å². The molecule has 5 heteroatoms. The number of nitrogens with one attached hydrogen (secondary N) is 1. The third-order valence-corrected chi connectivity index (χ3v) is 4.22. The Labute approximate surface area is 118 Å². The van der Waals surface area contributed by atoms with E-state index in [1.165, 1.54) is 19.2 Å². The summed E-state index contributed by atoms with van der Waals surface area (Å²) in [5.41, 5.74) is 0.111. The van der Waals surface area contributed by atoms with Crippen LogP contribution in [0.25, 0.3) is 0 Å². The number of ether oxygens (including phenoxy) is 2. The predicted molar refractivity (Wildman–Crippen MR) is 75.1 cm³/mol. The van der Waals surface area contributed by atoms with Crippen molar-refractivity contribution in [2.24, 2.45) is 5.41 Å². The van der Waals surface area contributed by atoms with Gasteiger partial charge in [0.05, 0.1) is 18.8 Å². The van der Waals surface area contributed by atoms with Gasteiger partial charge in [-0.25, -0.2) is 0 Å². The van der Waals surface area contributed by atoms with Crippen molar-refractivity contribution in [2.75, 3.05) is 14.2 Å². The number of carbonyl (C=O) groups is 1. The lowest BCUT2D eigenvalue weighted by molar-refractivity contribution is -0.0942. The minimum absolute atomic E-state index is 0.0329. The van der Waals surface area contributed by atoms with Gasteiger partial charge in [-0.15, -0.1) is 0 Å². The molecule has 20 heavy (non-hydrogen) atoms. The molecule has 1 saturated carbocycles. The molecule has 0 aromatic heterocycles. The molecule has 0 spiro atoms. The van der Waals surface area contributed by atoms with E-state index in [9.17, 15) is 9.90 Å². The van der Waals surface area contributed by atoms with Crippen LogP contribution < -0.4 is 10.1 Å². The molecule has 2 N–H and O–H groups in total. The summed E-state index contributed by atoms with van der Waals surface area (Å²) in [5, 5.41) is 12.7. The highest BCUT2D eigenvalue weighted by atomic mass is 16.5. The largest absolute Gasteiger partial charge is 0.507 e. The van der Waals surface area contributed by atoms with Crippen molar-refractivity contribution in [3.05, 3.63) is 23.8 Å². The standard InChI is InChI=1S/C15H21NO4/c1-15(2)12(8-13(15)20-4)16-14(18)10-7-9(19-3)5-6-11(10)17/h5-7,12-13,17H,8H2,1-4H3,(H,16,18). The summed E-state index contributed by atoms with van der Waals surface area (Å²) in [6.07, 6.45) is 0.923. The van der Waals surface area contributed by atoms with E-state index in [1.54, 1.807) is 13.2 Å². The molecular formula is C15H21NO4. The Hall–Kier alpha value is -1.75. The molecule has 2 unspecified atom stereocenters. The molecule has 2 rings (SSSR count). The molecule has 0 bridgehead atoms. The van der Waals surface area contributed by atoms with E-state index in [0.717, 1.165) is 6.42 Å². The Balaban J connectivity index is 2.10. The highest BCUT2D eigenvalue weighted by Crippen LogP contribution is 2.42. The molecule has 1 amide bonds. The maximum Gasteiger partial charge on any atom is 0.255 e. The maximum atomic E-state index is 12.3. The Morgan fingerprint density at radius 3 is 2.65 bits per heavy atom. The van der Waals surface area contributed by atoms with Gasteiger partial charge in [0.15, 0.2) is 0 Å². The number of amides is 1. The molecule has 1 aliphatic rings. The summed E-state index contributed by atoms with van der Waals surface area (Å²) in [6, 6.07) is 4.63. The first-order chi connectivity index (χ1) is 9.40. The van der Waals surface area contributed by atoms with E-state index < -0.39 is 0 Å². The highest BCUT2D eigenvalue weighted by molar-refractivity contribution is 5.97. The van der Waals surface area contributed by atoms with Crippen LogP contribution in [0.2, 0.25) is 0 Å². The van der Waals surface area contributed by atoms with E-state index in [4.69, 9.17) is 9.47 Å². The maximum absolute atomic E-state index is 12.3. The minimum atomic E-state index is -0.297. The van der Waals surface area contributed by atoms with E-state index in [2.05, 4.69) is 19.2 Å². The molecule has 5 nitrogen and oxygen atoms in total. The van der Waals surface area contributed by atoms with Crippen molar-refractivity contribution in [2.45, 2.75) is 32.4 Å². The van der Waals surface area contributed by atoms with Crippen molar-refractivity contribution in [3.63, 3.8) is 0 Å². The van der Waals surface area contributed by atoms with Gasteiger partial charge in [-0.05, 0) is 24.6 Å². The lowest BCUT2D eigenvalue weighted by atomic mass is 9.64. The first-order valence-electron chi connectivity index (χ1n) is 6.60. The van der Waals surface area contributed by atoms with Gasteiger partial charge in [0.25, 0.3) is 5.91 Å². The first-order valence-corrected chi connectivity index (χ1v) is 6.60. The number of methoxy groups -OCH3 is 2. The van der Waals surface area contributed by atoms with Gasteiger partial charge < -0.3 is 19.9 Å². The van der Waals surface area contributed by atoms with E-state index in [1.807, 2.05) is 0 Å². The molecule has 0 saturated heterocycles. The third-order valence-electron chi connectivity index (χ3n) is 4.22. The van der Waals surface area contributed by atoms with Crippen LogP contribution in [0.5, 0.6) is 11.5 Å². The zero-order valence-corrected chi connectivity index (χ0v) is 12.3. The summed E-state index contributed by atoms with van der Waals surface area (Å²) in [4.78, 5) is 12.3. The van der Waals surface area contributed by atoms with Crippen LogP contribution in [0.3, 0.4) is 0 Å². The summed E-state index contributed by atoms with van der Waals surface area (Å²) >= 11 is 0. The molecule has 0 aliphatic heterocycles. The zero-order chi connectivity index (χ0) is 14.9. The van der Waals surface area contributed by atoms with Gasteiger partial charge >= 0.3 is 0 Å². The highest BCUT2D eigenvalue weighted by Gasteiger charge is 2.49. The Morgan fingerprint density at radius 2 is 2.10 bits per heavy atom. The Kier molecular flexibility index (Phi) is 3.90. The number of phenolic OH excluding ortho intramolecular Hbond substituents is 1.